The number of carbonyl (C=O) groups is 1. The second-order valence-electron chi connectivity index (χ2n) is 6.02. The quantitative estimate of drug-likeness (QED) is 0.752. The topological polar surface area (TPSA) is 41.6 Å². The molecule has 0 spiro atoms. The summed E-state index contributed by atoms with van der Waals surface area (Å²) in [5.41, 5.74) is 2.68. The van der Waals surface area contributed by atoms with Crippen LogP contribution in [0.25, 0.3) is 0 Å². The number of para-hydroxylation sites is 1. The first-order chi connectivity index (χ1) is 12.7. The summed E-state index contributed by atoms with van der Waals surface area (Å²) in [5, 5.41) is 3.36. The Balaban J connectivity index is 1.84. The van der Waals surface area contributed by atoms with Crippen LogP contribution in [0.2, 0.25) is 0 Å². The van der Waals surface area contributed by atoms with Crippen molar-refractivity contribution in [3.63, 3.8) is 0 Å². The smallest absolute Gasteiger partial charge is 0.262 e. The molecular weight excluding hydrogens is 331 g/mol. The lowest BCUT2D eigenvalue weighted by Gasteiger charge is -2.38. The lowest BCUT2D eigenvalue weighted by atomic mass is 10.0. The van der Waals surface area contributed by atoms with Crippen molar-refractivity contribution in [3.05, 3.63) is 89.7 Å². The maximum Gasteiger partial charge on any atom is 0.262 e. The van der Waals surface area contributed by atoms with Gasteiger partial charge in [0, 0.05) is 11.4 Å². The molecule has 1 aliphatic heterocycles. The van der Waals surface area contributed by atoms with Gasteiger partial charge in [-0.3, -0.25) is 9.69 Å². The number of halogens is 1. The minimum atomic E-state index is -0.513. The van der Waals surface area contributed by atoms with Crippen molar-refractivity contribution in [3.8, 4) is 5.75 Å². The van der Waals surface area contributed by atoms with E-state index in [1.807, 2.05) is 30.3 Å². The summed E-state index contributed by atoms with van der Waals surface area (Å²) >= 11 is 0. The van der Waals surface area contributed by atoms with Crippen molar-refractivity contribution in [2.75, 3.05) is 17.3 Å². The Hall–Kier alpha value is -3.34. The van der Waals surface area contributed by atoms with Gasteiger partial charge in [0.1, 0.15) is 17.7 Å². The standard InChI is InChI=1S/C21H17FN2O2/c1-26-17-11-9-16(10-12-17)24-20(14-5-4-6-15(22)13-14)23-19-8-3-2-7-18(19)21(24)25/h2-13,20,23H,1H3/t20-/m0/s1. The summed E-state index contributed by atoms with van der Waals surface area (Å²) in [6.07, 6.45) is -0.513. The van der Waals surface area contributed by atoms with Gasteiger partial charge >= 0.3 is 0 Å². The van der Waals surface area contributed by atoms with E-state index in [-0.39, 0.29) is 11.7 Å². The maximum absolute atomic E-state index is 13.8. The molecule has 1 amide bonds. The average Bonchev–Trinajstić information content (AvgIpc) is 2.68. The predicted molar refractivity (Wildman–Crippen MR) is 99.0 cm³/mol. The lowest BCUT2D eigenvalue weighted by Crippen LogP contribution is -2.43. The number of methoxy groups -OCH3 is 1. The molecular formula is C21H17FN2O2. The summed E-state index contributed by atoms with van der Waals surface area (Å²) in [7, 11) is 1.59. The summed E-state index contributed by atoms with van der Waals surface area (Å²) in [6.45, 7) is 0. The molecule has 5 heteroatoms. The third-order valence-corrected chi connectivity index (χ3v) is 4.44. The Morgan fingerprint density at radius 1 is 1.00 bits per heavy atom. The molecule has 0 saturated heterocycles. The number of benzene rings is 3. The van der Waals surface area contributed by atoms with Gasteiger partial charge in [0.15, 0.2) is 0 Å². The van der Waals surface area contributed by atoms with Crippen LogP contribution in [-0.2, 0) is 0 Å². The van der Waals surface area contributed by atoms with Gasteiger partial charge in [-0.1, -0.05) is 24.3 Å². The van der Waals surface area contributed by atoms with Crippen LogP contribution in [0.3, 0.4) is 0 Å². The molecule has 0 unspecified atom stereocenters. The number of carbonyl (C=O) groups excluding carboxylic acids is 1. The van der Waals surface area contributed by atoms with Crippen molar-refractivity contribution in [1.82, 2.24) is 0 Å². The first-order valence-corrected chi connectivity index (χ1v) is 8.26. The highest BCUT2D eigenvalue weighted by Gasteiger charge is 2.34. The number of hydrogen-bond donors (Lipinski definition) is 1. The van der Waals surface area contributed by atoms with E-state index in [0.717, 1.165) is 5.69 Å². The minimum absolute atomic E-state index is 0.140. The van der Waals surface area contributed by atoms with Gasteiger partial charge in [-0.05, 0) is 54.1 Å². The van der Waals surface area contributed by atoms with E-state index >= 15 is 0 Å². The van der Waals surface area contributed by atoms with Crippen LogP contribution in [0.5, 0.6) is 5.75 Å². The number of ether oxygens (including phenoxy) is 1. The summed E-state index contributed by atoms with van der Waals surface area (Å²) < 4.78 is 19.0. The monoisotopic (exact) mass is 348 g/mol. The Kier molecular flexibility index (Phi) is 4.05. The predicted octanol–water partition coefficient (Wildman–Crippen LogP) is 4.61. The van der Waals surface area contributed by atoms with Crippen LogP contribution in [-0.4, -0.2) is 13.0 Å². The molecule has 3 aromatic carbocycles. The molecule has 0 aromatic heterocycles. The molecule has 130 valence electrons. The number of rotatable bonds is 3. The van der Waals surface area contributed by atoms with Gasteiger partial charge in [0.05, 0.1) is 12.7 Å². The van der Waals surface area contributed by atoms with Crippen molar-refractivity contribution in [2.24, 2.45) is 0 Å². The zero-order valence-electron chi connectivity index (χ0n) is 14.1. The van der Waals surface area contributed by atoms with Gasteiger partial charge in [-0.15, -0.1) is 0 Å². The summed E-state index contributed by atoms with van der Waals surface area (Å²) in [6, 6.07) is 20.8. The molecule has 1 N–H and O–H groups in total. The van der Waals surface area contributed by atoms with E-state index in [4.69, 9.17) is 4.74 Å². The number of amides is 1. The molecule has 0 bridgehead atoms. The normalized spacial score (nSPS) is 16.0. The molecule has 4 nitrogen and oxygen atoms in total. The van der Waals surface area contributed by atoms with Crippen LogP contribution in [0.15, 0.2) is 72.8 Å². The molecule has 3 aromatic rings. The van der Waals surface area contributed by atoms with Crippen LogP contribution >= 0.6 is 0 Å². The molecule has 26 heavy (non-hydrogen) atoms. The second-order valence-corrected chi connectivity index (χ2v) is 6.02. The van der Waals surface area contributed by atoms with E-state index in [2.05, 4.69) is 5.32 Å². The molecule has 0 aliphatic carbocycles. The van der Waals surface area contributed by atoms with E-state index in [1.165, 1.54) is 12.1 Å². The largest absolute Gasteiger partial charge is 0.497 e. The van der Waals surface area contributed by atoms with E-state index in [9.17, 15) is 9.18 Å². The lowest BCUT2D eigenvalue weighted by molar-refractivity contribution is 0.0975. The van der Waals surface area contributed by atoms with Crippen LogP contribution < -0.4 is 15.0 Å². The zero-order valence-corrected chi connectivity index (χ0v) is 14.1. The number of fused-ring (bicyclic) bond motifs is 1. The highest BCUT2D eigenvalue weighted by atomic mass is 19.1. The Labute approximate surface area is 150 Å². The van der Waals surface area contributed by atoms with Gasteiger partial charge in [0.25, 0.3) is 5.91 Å². The molecule has 4 rings (SSSR count). The third-order valence-electron chi connectivity index (χ3n) is 4.44. The van der Waals surface area contributed by atoms with Crippen LogP contribution in [0.4, 0.5) is 15.8 Å². The fourth-order valence-electron chi connectivity index (χ4n) is 3.17. The van der Waals surface area contributed by atoms with E-state index in [0.29, 0.717) is 22.6 Å². The van der Waals surface area contributed by atoms with Gasteiger partial charge < -0.3 is 10.1 Å². The number of anilines is 2. The zero-order chi connectivity index (χ0) is 18.1. The molecule has 1 aliphatic rings. The SMILES string of the molecule is COc1ccc(N2C(=O)c3ccccc3N[C@@H]2c2cccc(F)c2)cc1. The number of hydrogen-bond acceptors (Lipinski definition) is 3. The Morgan fingerprint density at radius 3 is 2.50 bits per heavy atom. The minimum Gasteiger partial charge on any atom is -0.497 e. The summed E-state index contributed by atoms with van der Waals surface area (Å²) in [4.78, 5) is 14.8. The second kappa shape index (κ2) is 6.52. The van der Waals surface area contributed by atoms with Crippen molar-refractivity contribution in [1.29, 1.82) is 0 Å². The van der Waals surface area contributed by atoms with E-state index in [1.54, 1.807) is 42.3 Å². The average molecular weight is 348 g/mol. The van der Waals surface area contributed by atoms with Crippen molar-refractivity contribution < 1.29 is 13.9 Å². The fourth-order valence-corrected chi connectivity index (χ4v) is 3.17. The van der Waals surface area contributed by atoms with Gasteiger partial charge in [-0.25, -0.2) is 4.39 Å². The molecule has 1 heterocycles. The maximum atomic E-state index is 13.8. The fraction of sp³-hybridized carbons (Fsp3) is 0.0952. The van der Waals surface area contributed by atoms with Crippen molar-refractivity contribution in [2.45, 2.75) is 6.17 Å². The van der Waals surface area contributed by atoms with Gasteiger partial charge in [-0.2, -0.15) is 0 Å². The molecule has 1 atom stereocenters. The Morgan fingerprint density at radius 2 is 1.77 bits per heavy atom. The Bertz CT molecular complexity index is 956. The third kappa shape index (κ3) is 2.77. The van der Waals surface area contributed by atoms with Crippen LogP contribution in [0.1, 0.15) is 22.1 Å². The molecule has 0 radical (unpaired) electrons. The highest BCUT2D eigenvalue weighted by molar-refractivity contribution is 6.12. The summed E-state index contributed by atoms with van der Waals surface area (Å²) in [5.74, 6) is 0.220. The highest BCUT2D eigenvalue weighted by Crippen LogP contribution is 2.37. The first-order valence-electron chi connectivity index (χ1n) is 8.26. The van der Waals surface area contributed by atoms with Crippen LogP contribution in [0, 0.1) is 5.82 Å². The number of nitrogens with zero attached hydrogens (tertiary/aromatic N) is 1. The van der Waals surface area contributed by atoms with Crippen molar-refractivity contribution >= 4 is 17.3 Å². The number of nitrogens with one attached hydrogen (secondary N) is 1. The molecule has 0 saturated carbocycles. The first kappa shape index (κ1) is 16.1. The molecule has 0 fully saturated rings. The van der Waals surface area contributed by atoms with E-state index < -0.39 is 6.17 Å². The van der Waals surface area contributed by atoms with Gasteiger partial charge in [0.2, 0.25) is 0 Å².